The zero-order valence-electron chi connectivity index (χ0n) is 18.9. The first-order valence-corrected chi connectivity index (χ1v) is 12.0. The Morgan fingerprint density at radius 2 is 1.94 bits per heavy atom. The summed E-state index contributed by atoms with van der Waals surface area (Å²) in [6.45, 7) is 0. The van der Waals surface area contributed by atoms with Gasteiger partial charge in [-0.25, -0.2) is 18.1 Å². The van der Waals surface area contributed by atoms with Gasteiger partial charge in [0.05, 0.1) is 30.6 Å². The molecule has 2 atom stereocenters. The van der Waals surface area contributed by atoms with Gasteiger partial charge in [0.2, 0.25) is 0 Å². The normalized spacial score (nSPS) is 16.6. The van der Waals surface area contributed by atoms with E-state index in [1.165, 1.54) is 17.3 Å². The summed E-state index contributed by atoms with van der Waals surface area (Å²) in [6.07, 6.45) is 1.37. The van der Waals surface area contributed by atoms with Crippen LogP contribution >= 0.6 is 23.9 Å². The Morgan fingerprint density at radius 1 is 1.17 bits per heavy atom. The standard InChI is InChI=1S/C25H20ClF2N5O2S/c1-35-25(34)32-16-5-2-13(3-6-16)22-12-31-24(33(22)36-28)19-10-20(27)18-8-14(11-30-23(18)19)17-9-15(26)4-7-21(17)29/h2-9,11-12,19-20H,10,29H2,1H3,(H,32,34). The summed E-state index contributed by atoms with van der Waals surface area (Å²) >= 11 is 6.11. The quantitative estimate of drug-likeness (QED) is 0.273. The van der Waals surface area contributed by atoms with E-state index in [1.54, 1.807) is 54.7 Å². The SMILES string of the molecule is COC(=O)Nc1ccc(-c2cnc(C3CC(F)c4cc(-c5cc(Cl)ccc5N)cnc43)n2SF)cc1. The number of aromatic nitrogens is 3. The smallest absolute Gasteiger partial charge is 0.411 e. The lowest BCUT2D eigenvalue weighted by atomic mass is 10.0. The number of carbonyl (C=O) groups excluding carboxylic acids is 1. The van der Waals surface area contributed by atoms with Crippen molar-refractivity contribution in [3.63, 3.8) is 0 Å². The maximum atomic E-state index is 15.2. The van der Waals surface area contributed by atoms with Crippen molar-refractivity contribution in [3.05, 3.63) is 83.0 Å². The Kier molecular flexibility index (Phi) is 6.55. The number of hydrogen-bond acceptors (Lipinski definition) is 6. The van der Waals surface area contributed by atoms with Gasteiger partial charge in [0.1, 0.15) is 12.0 Å². The van der Waals surface area contributed by atoms with Crippen molar-refractivity contribution < 1.29 is 17.8 Å². The van der Waals surface area contributed by atoms with Gasteiger partial charge < -0.3 is 10.5 Å². The fourth-order valence-electron chi connectivity index (χ4n) is 4.38. The van der Waals surface area contributed by atoms with Gasteiger partial charge in [-0.3, -0.25) is 10.3 Å². The van der Waals surface area contributed by atoms with Crippen LogP contribution in [0.15, 0.2) is 60.9 Å². The predicted molar refractivity (Wildman–Crippen MR) is 137 cm³/mol. The Hall–Kier alpha value is -3.63. The van der Waals surface area contributed by atoms with Crippen molar-refractivity contribution in [1.29, 1.82) is 0 Å². The number of nitrogens with two attached hydrogens (primary N) is 1. The fraction of sp³-hybridized carbons (Fsp3) is 0.160. The highest BCUT2D eigenvalue weighted by molar-refractivity contribution is 7.92. The van der Waals surface area contributed by atoms with E-state index >= 15 is 4.39 Å². The third-order valence-corrected chi connectivity index (χ3v) is 6.88. The van der Waals surface area contributed by atoms with Crippen molar-refractivity contribution in [3.8, 4) is 22.4 Å². The van der Waals surface area contributed by atoms with Gasteiger partial charge in [-0.2, -0.15) is 0 Å². The second kappa shape index (κ2) is 9.79. The Balaban J connectivity index is 1.48. The molecule has 0 aliphatic heterocycles. The van der Waals surface area contributed by atoms with E-state index in [9.17, 15) is 8.68 Å². The average molecular weight is 528 g/mol. The number of methoxy groups -OCH3 is 1. The van der Waals surface area contributed by atoms with Gasteiger partial charge in [-0.05, 0) is 42.8 Å². The van der Waals surface area contributed by atoms with Gasteiger partial charge in [0.15, 0.2) is 12.3 Å². The highest BCUT2D eigenvalue weighted by Gasteiger charge is 2.37. The molecule has 0 spiro atoms. The molecule has 2 heterocycles. The first kappa shape index (κ1) is 24.1. The highest BCUT2D eigenvalue weighted by Crippen LogP contribution is 2.47. The molecule has 0 radical (unpaired) electrons. The number of nitrogens with zero attached hydrogens (tertiary/aromatic N) is 3. The number of halogens is 3. The van der Waals surface area contributed by atoms with Crippen LogP contribution in [-0.2, 0) is 4.74 Å². The molecule has 1 amide bonds. The molecule has 3 N–H and O–H groups in total. The van der Waals surface area contributed by atoms with E-state index in [1.807, 2.05) is 0 Å². The zero-order valence-corrected chi connectivity index (χ0v) is 20.5. The summed E-state index contributed by atoms with van der Waals surface area (Å²) in [5.74, 6) is -0.170. The van der Waals surface area contributed by atoms with Gasteiger partial charge in [-0.1, -0.05) is 23.7 Å². The molecule has 0 saturated heterocycles. The van der Waals surface area contributed by atoms with Crippen LogP contribution in [-0.4, -0.2) is 27.1 Å². The lowest BCUT2D eigenvalue weighted by molar-refractivity contribution is 0.187. The van der Waals surface area contributed by atoms with Crippen LogP contribution in [0.5, 0.6) is 0 Å². The molecule has 11 heteroatoms. The molecule has 1 aliphatic rings. The van der Waals surface area contributed by atoms with Gasteiger partial charge in [0.25, 0.3) is 0 Å². The van der Waals surface area contributed by atoms with Gasteiger partial charge in [0, 0.05) is 44.8 Å². The zero-order chi connectivity index (χ0) is 25.4. The molecular formula is C25H20ClF2N5O2S. The second-order valence-electron chi connectivity index (χ2n) is 8.24. The molecule has 2 aromatic carbocycles. The van der Waals surface area contributed by atoms with Crippen LogP contribution in [0.3, 0.4) is 0 Å². The molecule has 0 saturated carbocycles. The number of nitrogen functional groups attached to an aromatic ring is 1. The maximum absolute atomic E-state index is 15.2. The third-order valence-electron chi connectivity index (χ3n) is 6.13. The Labute approximate surface area is 215 Å². The van der Waals surface area contributed by atoms with Crippen LogP contribution < -0.4 is 11.1 Å². The summed E-state index contributed by atoms with van der Waals surface area (Å²) in [5.41, 5.74) is 10.5. The lowest BCUT2D eigenvalue weighted by Crippen LogP contribution is -2.10. The van der Waals surface area contributed by atoms with Crippen molar-refractivity contribution in [2.45, 2.75) is 18.5 Å². The number of rotatable bonds is 5. The number of amides is 1. The molecule has 0 fully saturated rings. The molecule has 184 valence electrons. The number of hydrogen-bond donors (Lipinski definition) is 2. The number of alkyl halides is 1. The Bertz CT molecular complexity index is 1450. The molecule has 4 aromatic rings. The number of benzene rings is 2. The predicted octanol–water partition coefficient (Wildman–Crippen LogP) is 6.95. The summed E-state index contributed by atoms with van der Waals surface area (Å²) in [6, 6.07) is 13.6. The van der Waals surface area contributed by atoms with E-state index in [0.717, 1.165) is 0 Å². The van der Waals surface area contributed by atoms with Crippen LogP contribution in [0.25, 0.3) is 22.4 Å². The van der Waals surface area contributed by atoms with E-state index in [2.05, 4.69) is 20.0 Å². The van der Waals surface area contributed by atoms with Crippen LogP contribution in [0.4, 0.5) is 24.4 Å². The molecule has 1 aliphatic carbocycles. The fourth-order valence-corrected chi connectivity index (χ4v) is 5.02. The number of nitrogens with one attached hydrogen (secondary N) is 1. The number of fused-ring (bicyclic) bond motifs is 1. The Morgan fingerprint density at radius 3 is 2.67 bits per heavy atom. The number of anilines is 2. The van der Waals surface area contributed by atoms with E-state index in [-0.39, 0.29) is 18.8 Å². The maximum Gasteiger partial charge on any atom is 0.411 e. The number of imidazole rings is 1. The van der Waals surface area contributed by atoms with Gasteiger partial charge in [-0.15, -0.1) is 3.89 Å². The first-order valence-electron chi connectivity index (χ1n) is 10.9. The number of pyridine rings is 1. The molecule has 2 aromatic heterocycles. The van der Waals surface area contributed by atoms with Crippen molar-refractivity contribution in [1.82, 2.24) is 13.9 Å². The minimum absolute atomic E-state index is 0.00865. The largest absolute Gasteiger partial charge is 0.453 e. The average Bonchev–Trinajstić information content (AvgIpc) is 3.46. The van der Waals surface area contributed by atoms with Crippen molar-refractivity contribution in [2.24, 2.45) is 0 Å². The van der Waals surface area contributed by atoms with E-state index < -0.39 is 18.2 Å². The van der Waals surface area contributed by atoms with Crippen molar-refractivity contribution >= 4 is 41.4 Å². The van der Waals surface area contributed by atoms with E-state index in [0.29, 0.717) is 55.9 Å². The minimum atomic E-state index is -1.29. The second-order valence-corrected chi connectivity index (χ2v) is 9.18. The van der Waals surface area contributed by atoms with Crippen molar-refractivity contribution in [2.75, 3.05) is 18.2 Å². The summed E-state index contributed by atoms with van der Waals surface area (Å²) in [7, 11) is 1.27. The summed E-state index contributed by atoms with van der Waals surface area (Å²) in [4.78, 5) is 20.4. The molecule has 5 rings (SSSR count). The molecular weight excluding hydrogens is 508 g/mol. The first-order chi connectivity index (χ1) is 17.4. The monoisotopic (exact) mass is 527 g/mol. The van der Waals surface area contributed by atoms with Gasteiger partial charge >= 0.3 is 6.09 Å². The molecule has 0 bridgehead atoms. The summed E-state index contributed by atoms with van der Waals surface area (Å²) in [5, 5.41) is 3.07. The number of ether oxygens (including phenoxy) is 1. The third kappa shape index (κ3) is 4.38. The number of carbonyl (C=O) groups is 1. The summed E-state index contributed by atoms with van der Waals surface area (Å²) < 4.78 is 35.3. The van der Waals surface area contributed by atoms with E-state index in [4.69, 9.17) is 17.3 Å². The molecule has 2 unspecified atom stereocenters. The van der Waals surface area contributed by atoms with Crippen LogP contribution in [0, 0.1) is 0 Å². The molecule has 36 heavy (non-hydrogen) atoms. The van der Waals surface area contributed by atoms with Crippen LogP contribution in [0.1, 0.15) is 35.6 Å². The topological polar surface area (TPSA) is 95.1 Å². The molecule has 7 nitrogen and oxygen atoms in total. The minimum Gasteiger partial charge on any atom is -0.453 e. The lowest BCUT2D eigenvalue weighted by Gasteiger charge is -2.13. The van der Waals surface area contributed by atoms with Crippen LogP contribution in [0.2, 0.25) is 5.02 Å². The highest BCUT2D eigenvalue weighted by atomic mass is 35.5.